The number of furan rings is 1. The van der Waals surface area contributed by atoms with E-state index in [1.807, 2.05) is 36.4 Å². The van der Waals surface area contributed by atoms with Gasteiger partial charge in [0.25, 0.3) is 5.91 Å². The van der Waals surface area contributed by atoms with E-state index in [2.05, 4.69) is 5.32 Å². The number of carbonyl (C=O) groups excluding carboxylic acids is 1. The molecule has 1 unspecified atom stereocenters. The average molecular weight is 213 g/mol. The molecule has 0 fully saturated rings. The molecule has 1 aliphatic rings. The number of carbonyl (C=O) groups is 1. The summed E-state index contributed by atoms with van der Waals surface area (Å²) in [4.78, 5) is 11.8. The van der Waals surface area contributed by atoms with Crippen molar-refractivity contribution >= 4 is 5.91 Å². The van der Waals surface area contributed by atoms with E-state index in [0.29, 0.717) is 0 Å². The molecule has 3 nitrogen and oxygen atoms in total. The van der Waals surface area contributed by atoms with Crippen LogP contribution in [0.1, 0.15) is 27.7 Å². The third-order valence-electron chi connectivity index (χ3n) is 2.88. The van der Waals surface area contributed by atoms with Crippen LogP contribution in [0.25, 0.3) is 0 Å². The van der Waals surface area contributed by atoms with E-state index in [9.17, 15) is 4.79 Å². The smallest absolute Gasteiger partial charge is 0.252 e. The Morgan fingerprint density at radius 1 is 1.19 bits per heavy atom. The lowest BCUT2D eigenvalue weighted by molar-refractivity contribution is 0.0919. The Morgan fingerprint density at radius 3 is 2.88 bits per heavy atom. The van der Waals surface area contributed by atoms with E-state index in [0.717, 1.165) is 23.3 Å². The second kappa shape index (κ2) is 3.52. The summed E-state index contributed by atoms with van der Waals surface area (Å²) in [5.41, 5.74) is 1.85. The van der Waals surface area contributed by atoms with Crippen LogP contribution in [-0.2, 0) is 6.42 Å². The molecule has 0 aliphatic carbocycles. The fourth-order valence-corrected chi connectivity index (χ4v) is 2.09. The van der Waals surface area contributed by atoms with Gasteiger partial charge < -0.3 is 9.73 Å². The molecule has 1 aliphatic heterocycles. The molecule has 3 rings (SSSR count). The predicted molar refractivity (Wildman–Crippen MR) is 59.1 cm³/mol. The molecule has 1 atom stereocenters. The molecule has 0 bridgehead atoms. The Hall–Kier alpha value is -2.03. The Kier molecular flexibility index (Phi) is 2.03. The van der Waals surface area contributed by atoms with Gasteiger partial charge in [-0.25, -0.2) is 0 Å². The van der Waals surface area contributed by atoms with Gasteiger partial charge in [0.15, 0.2) is 0 Å². The number of hydrogen-bond acceptors (Lipinski definition) is 2. The van der Waals surface area contributed by atoms with Gasteiger partial charge in [-0.2, -0.15) is 0 Å². The van der Waals surface area contributed by atoms with E-state index >= 15 is 0 Å². The molecule has 2 heterocycles. The molecule has 0 saturated carbocycles. The highest BCUT2D eigenvalue weighted by molar-refractivity contribution is 5.97. The lowest BCUT2D eigenvalue weighted by Crippen LogP contribution is -2.35. The average Bonchev–Trinajstić information content (AvgIpc) is 2.82. The van der Waals surface area contributed by atoms with Crippen LogP contribution in [0, 0.1) is 0 Å². The predicted octanol–water partition coefficient (Wildman–Crippen LogP) is 2.31. The second-order valence-electron chi connectivity index (χ2n) is 3.90. The maximum atomic E-state index is 11.8. The molecular weight excluding hydrogens is 202 g/mol. The van der Waals surface area contributed by atoms with Crippen LogP contribution in [0.5, 0.6) is 0 Å². The molecule has 2 aromatic rings. The summed E-state index contributed by atoms with van der Waals surface area (Å²) in [6, 6.07) is 11.4. The Labute approximate surface area is 93.1 Å². The maximum Gasteiger partial charge on any atom is 0.252 e. The van der Waals surface area contributed by atoms with Crippen molar-refractivity contribution in [3.8, 4) is 0 Å². The first-order valence-corrected chi connectivity index (χ1v) is 5.27. The van der Waals surface area contributed by atoms with Crippen molar-refractivity contribution in [1.29, 1.82) is 0 Å². The summed E-state index contributed by atoms with van der Waals surface area (Å²) in [6.45, 7) is 0. The highest BCUT2D eigenvalue weighted by atomic mass is 16.3. The summed E-state index contributed by atoms with van der Waals surface area (Å²) in [5.74, 6) is 0.783. The third-order valence-corrected chi connectivity index (χ3v) is 2.88. The monoisotopic (exact) mass is 213 g/mol. The second-order valence-corrected chi connectivity index (χ2v) is 3.90. The highest BCUT2D eigenvalue weighted by Gasteiger charge is 2.26. The van der Waals surface area contributed by atoms with Gasteiger partial charge in [0.1, 0.15) is 5.76 Å². The van der Waals surface area contributed by atoms with Crippen LogP contribution in [0.4, 0.5) is 0 Å². The molecule has 1 aromatic heterocycles. The topological polar surface area (TPSA) is 42.2 Å². The fraction of sp³-hybridized carbons (Fsp3) is 0.154. The SMILES string of the molecule is O=C1NC(c2ccco2)Cc2ccccc21. The van der Waals surface area contributed by atoms with Crippen LogP contribution in [0.3, 0.4) is 0 Å². The zero-order valence-electron chi connectivity index (χ0n) is 8.64. The fourth-order valence-electron chi connectivity index (χ4n) is 2.09. The van der Waals surface area contributed by atoms with Crippen LogP contribution >= 0.6 is 0 Å². The van der Waals surface area contributed by atoms with Gasteiger partial charge in [-0.15, -0.1) is 0 Å². The van der Waals surface area contributed by atoms with Crippen molar-refractivity contribution in [2.75, 3.05) is 0 Å². The number of nitrogens with one attached hydrogen (secondary N) is 1. The summed E-state index contributed by atoms with van der Waals surface area (Å²) < 4.78 is 5.32. The van der Waals surface area contributed by atoms with E-state index in [1.54, 1.807) is 6.26 Å². The molecule has 3 heteroatoms. The molecule has 1 N–H and O–H groups in total. The Bertz CT molecular complexity index is 516. The molecule has 0 spiro atoms. The van der Waals surface area contributed by atoms with Crippen molar-refractivity contribution in [2.45, 2.75) is 12.5 Å². The van der Waals surface area contributed by atoms with Crippen molar-refractivity contribution < 1.29 is 9.21 Å². The lowest BCUT2D eigenvalue weighted by atomic mass is 9.94. The number of hydrogen-bond donors (Lipinski definition) is 1. The molecule has 0 radical (unpaired) electrons. The molecule has 1 aromatic carbocycles. The normalized spacial score (nSPS) is 19.0. The van der Waals surface area contributed by atoms with E-state index in [4.69, 9.17) is 4.42 Å². The summed E-state index contributed by atoms with van der Waals surface area (Å²) >= 11 is 0. The van der Waals surface area contributed by atoms with Gasteiger partial charge in [-0.3, -0.25) is 4.79 Å². The van der Waals surface area contributed by atoms with Crippen LogP contribution in [-0.4, -0.2) is 5.91 Å². The van der Waals surface area contributed by atoms with Crippen LogP contribution in [0.15, 0.2) is 47.1 Å². The van der Waals surface area contributed by atoms with E-state index < -0.39 is 0 Å². The lowest BCUT2D eigenvalue weighted by Gasteiger charge is -2.23. The standard InChI is InChI=1S/C13H11NO2/c15-13-10-5-2-1-4-9(10)8-11(14-13)12-6-3-7-16-12/h1-7,11H,8H2,(H,14,15). The van der Waals surface area contributed by atoms with Gasteiger partial charge >= 0.3 is 0 Å². The number of benzene rings is 1. The Morgan fingerprint density at radius 2 is 2.06 bits per heavy atom. The molecular formula is C13H11NO2. The minimum Gasteiger partial charge on any atom is -0.467 e. The van der Waals surface area contributed by atoms with Gasteiger partial charge in [-0.05, 0) is 23.8 Å². The van der Waals surface area contributed by atoms with Gasteiger partial charge in [-0.1, -0.05) is 18.2 Å². The van der Waals surface area contributed by atoms with E-state index in [-0.39, 0.29) is 11.9 Å². The van der Waals surface area contributed by atoms with Gasteiger partial charge in [0, 0.05) is 12.0 Å². The summed E-state index contributed by atoms with van der Waals surface area (Å²) in [5, 5.41) is 2.94. The minimum absolute atomic E-state index is 0.0248. The first kappa shape index (κ1) is 9.21. The van der Waals surface area contributed by atoms with Crippen molar-refractivity contribution in [2.24, 2.45) is 0 Å². The molecule has 0 saturated heterocycles. The molecule has 16 heavy (non-hydrogen) atoms. The van der Waals surface area contributed by atoms with Gasteiger partial charge in [0.2, 0.25) is 0 Å². The Balaban J connectivity index is 1.98. The van der Waals surface area contributed by atoms with Crippen LogP contribution < -0.4 is 5.32 Å². The maximum absolute atomic E-state index is 11.8. The summed E-state index contributed by atoms with van der Waals surface area (Å²) in [7, 11) is 0. The van der Waals surface area contributed by atoms with Crippen LogP contribution in [0.2, 0.25) is 0 Å². The van der Waals surface area contributed by atoms with Gasteiger partial charge in [0.05, 0.1) is 12.3 Å². The number of fused-ring (bicyclic) bond motifs is 1. The first-order chi connectivity index (χ1) is 7.84. The quantitative estimate of drug-likeness (QED) is 0.789. The van der Waals surface area contributed by atoms with Crippen molar-refractivity contribution in [3.05, 3.63) is 59.5 Å². The summed E-state index contributed by atoms with van der Waals surface area (Å²) in [6.07, 6.45) is 2.41. The largest absolute Gasteiger partial charge is 0.467 e. The van der Waals surface area contributed by atoms with Crippen molar-refractivity contribution in [1.82, 2.24) is 5.32 Å². The highest BCUT2D eigenvalue weighted by Crippen LogP contribution is 2.25. The zero-order valence-corrected chi connectivity index (χ0v) is 8.64. The number of rotatable bonds is 1. The number of amides is 1. The molecule has 1 amide bonds. The van der Waals surface area contributed by atoms with Crippen molar-refractivity contribution in [3.63, 3.8) is 0 Å². The third kappa shape index (κ3) is 1.41. The molecule has 80 valence electrons. The first-order valence-electron chi connectivity index (χ1n) is 5.27. The minimum atomic E-state index is -0.0441. The van der Waals surface area contributed by atoms with E-state index in [1.165, 1.54) is 0 Å². The zero-order chi connectivity index (χ0) is 11.0.